The predicted molar refractivity (Wildman–Crippen MR) is 145 cm³/mol. The van der Waals surface area contributed by atoms with Gasteiger partial charge in [-0.05, 0) is 48.9 Å². The van der Waals surface area contributed by atoms with Crippen LogP contribution in [0.5, 0.6) is 5.75 Å². The summed E-state index contributed by atoms with van der Waals surface area (Å²) in [6, 6.07) is 11.6. The van der Waals surface area contributed by atoms with Gasteiger partial charge in [0.2, 0.25) is 11.8 Å². The van der Waals surface area contributed by atoms with Gasteiger partial charge in [0.25, 0.3) is 5.91 Å². The van der Waals surface area contributed by atoms with E-state index in [0.717, 1.165) is 28.1 Å². The van der Waals surface area contributed by atoms with Crippen molar-refractivity contribution < 1.29 is 19.5 Å². The zero-order valence-corrected chi connectivity index (χ0v) is 22.6. The number of carbonyl (C=O) groups excluding carboxylic acids is 3. The minimum absolute atomic E-state index is 0.0990. The van der Waals surface area contributed by atoms with Crippen molar-refractivity contribution in [1.29, 1.82) is 0 Å². The largest absolute Gasteiger partial charge is 0.508 e. The van der Waals surface area contributed by atoms with E-state index in [1.165, 1.54) is 11.3 Å². The van der Waals surface area contributed by atoms with E-state index in [1.54, 1.807) is 33.5 Å². The molecule has 0 aliphatic carbocycles. The molecule has 2 atom stereocenters. The fourth-order valence-corrected chi connectivity index (χ4v) is 6.29. The van der Waals surface area contributed by atoms with Gasteiger partial charge in [0.15, 0.2) is 0 Å². The highest BCUT2D eigenvalue weighted by molar-refractivity contribution is 7.13. The first-order chi connectivity index (χ1) is 18.3. The average molecular weight is 533 g/mol. The number of aryl methyl sites for hydroxylation is 1. The molecule has 1 aromatic heterocycles. The lowest BCUT2D eigenvalue weighted by Gasteiger charge is -2.35. The van der Waals surface area contributed by atoms with Crippen LogP contribution in [0.25, 0.3) is 10.4 Å². The maximum atomic E-state index is 13.8. The van der Waals surface area contributed by atoms with E-state index in [2.05, 4.69) is 10.3 Å². The quantitative estimate of drug-likeness (QED) is 0.477. The summed E-state index contributed by atoms with van der Waals surface area (Å²) in [5.74, 6) is -0.591. The molecule has 8 nitrogen and oxygen atoms in total. The van der Waals surface area contributed by atoms with Crippen molar-refractivity contribution >= 4 is 29.1 Å². The van der Waals surface area contributed by atoms with Gasteiger partial charge in [-0.15, -0.1) is 11.3 Å². The maximum Gasteiger partial charge on any atom is 0.255 e. The van der Waals surface area contributed by atoms with Gasteiger partial charge >= 0.3 is 0 Å². The smallest absolute Gasteiger partial charge is 0.255 e. The summed E-state index contributed by atoms with van der Waals surface area (Å²) in [5, 5.41) is 13.5. The normalized spacial score (nSPS) is 17.7. The van der Waals surface area contributed by atoms with Crippen LogP contribution in [-0.2, 0) is 22.7 Å². The van der Waals surface area contributed by atoms with E-state index in [4.69, 9.17) is 0 Å². The number of nitrogens with one attached hydrogen (secondary N) is 1. The average Bonchev–Trinajstić information content (AvgIpc) is 3.63. The Hall–Kier alpha value is -3.72. The number of benzene rings is 2. The van der Waals surface area contributed by atoms with Gasteiger partial charge in [-0.3, -0.25) is 14.4 Å². The number of rotatable bonds is 7. The fraction of sp³-hybridized carbons (Fsp3) is 0.379. The Labute approximate surface area is 226 Å². The Balaban J connectivity index is 1.27. The number of thiazole rings is 1. The molecule has 0 spiro atoms. The molecule has 5 rings (SSSR count). The van der Waals surface area contributed by atoms with Gasteiger partial charge < -0.3 is 20.2 Å². The third-order valence-corrected chi connectivity index (χ3v) is 8.43. The maximum absolute atomic E-state index is 13.8. The Morgan fingerprint density at radius 2 is 2.00 bits per heavy atom. The lowest BCUT2D eigenvalue weighted by Crippen LogP contribution is -2.55. The second-order valence-electron chi connectivity index (χ2n) is 10.3. The van der Waals surface area contributed by atoms with Gasteiger partial charge in [0, 0.05) is 30.8 Å². The monoisotopic (exact) mass is 532 g/mol. The van der Waals surface area contributed by atoms with Crippen molar-refractivity contribution in [3.63, 3.8) is 0 Å². The third kappa shape index (κ3) is 4.78. The summed E-state index contributed by atoms with van der Waals surface area (Å²) < 4.78 is 0. The predicted octanol–water partition coefficient (Wildman–Crippen LogP) is 4.11. The van der Waals surface area contributed by atoms with Crippen LogP contribution in [0.4, 0.5) is 0 Å². The second-order valence-corrected chi connectivity index (χ2v) is 11.2. The molecule has 2 aliphatic rings. The van der Waals surface area contributed by atoms with Crippen LogP contribution >= 0.6 is 11.3 Å². The first-order valence-corrected chi connectivity index (χ1v) is 13.8. The number of aromatic hydroxyl groups is 1. The number of carbonyl (C=O) groups is 3. The second kappa shape index (κ2) is 10.6. The van der Waals surface area contributed by atoms with Crippen LogP contribution in [0.15, 0.2) is 48.0 Å². The van der Waals surface area contributed by atoms with Gasteiger partial charge in [-0.25, -0.2) is 4.98 Å². The van der Waals surface area contributed by atoms with Crippen molar-refractivity contribution in [2.45, 2.75) is 58.8 Å². The Bertz CT molecular complexity index is 1380. The molecule has 0 saturated carbocycles. The minimum Gasteiger partial charge on any atom is -0.508 e. The summed E-state index contributed by atoms with van der Waals surface area (Å²) in [7, 11) is 0. The Morgan fingerprint density at radius 3 is 2.68 bits per heavy atom. The van der Waals surface area contributed by atoms with E-state index in [9.17, 15) is 19.5 Å². The minimum atomic E-state index is -0.643. The summed E-state index contributed by atoms with van der Waals surface area (Å²) in [6.07, 6.45) is 1.28. The highest BCUT2D eigenvalue weighted by Crippen LogP contribution is 2.32. The molecule has 1 saturated heterocycles. The van der Waals surface area contributed by atoms with Crippen LogP contribution in [0.1, 0.15) is 53.9 Å². The van der Waals surface area contributed by atoms with Crippen LogP contribution in [0, 0.1) is 12.8 Å². The molecule has 0 bridgehead atoms. The summed E-state index contributed by atoms with van der Waals surface area (Å²) in [6.45, 7) is 6.81. The number of hydrogen-bond acceptors (Lipinski definition) is 6. The zero-order valence-electron chi connectivity index (χ0n) is 21.8. The molecule has 2 aliphatic heterocycles. The number of aromatic nitrogens is 1. The first-order valence-electron chi connectivity index (χ1n) is 13.0. The zero-order chi connectivity index (χ0) is 27.0. The summed E-state index contributed by atoms with van der Waals surface area (Å²) >= 11 is 1.51. The summed E-state index contributed by atoms with van der Waals surface area (Å²) in [5.41, 5.74) is 5.71. The Kier molecular flexibility index (Phi) is 7.21. The van der Waals surface area contributed by atoms with Crippen molar-refractivity contribution in [3.8, 4) is 16.2 Å². The number of phenols is 1. The standard InChI is InChI=1S/C29H32N4O4S/c1-17(2)25(33-15-21-7-4-5-8-22(21)28(33)36)29(37)32-12-6-9-23(32)27(35)30-14-20-11-10-19(13-24(20)34)26-18(3)31-16-38-26/h4-5,7-8,10-11,13,16-17,23,25,34H,6,9,12,14-15H2,1-3H3,(H,30,35)/t23-,25?/m0/s1. The molecule has 1 unspecified atom stereocenters. The third-order valence-electron chi connectivity index (χ3n) is 7.45. The lowest BCUT2D eigenvalue weighted by atomic mass is 10.0. The van der Waals surface area contributed by atoms with E-state index in [0.29, 0.717) is 30.6 Å². The highest BCUT2D eigenvalue weighted by atomic mass is 32.1. The molecular weight excluding hydrogens is 500 g/mol. The van der Waals surface area contributed by atoms with E-state index < -0.39 is 12.1 Å². The molecule has 3 amide bonds. The van der Waals surface area contributed by atoms with Crippen molar-refractivity contribution in [3.05, 3.63) is 70.4 Å². The molecular formula is C29H32N4O4S. The molecule has 3 aromatic rings. The topological polar surface area (TPSA) is 103 Å². The molecule has 1 fully saturated rings. The molecule has 9 heteroatoms. The van der Waals surface area contributed by atoms with E-state index in [-0.39, 0.29) is 35.9 Å². The van der Waals surface area contributed by atoms with Crippen molar-refractivity contribution in [2.75, 3.05) is 6.54 Å². The van der Waals surface area contributed by atoms with Crippen molar-refractivity contribution in [2.24, 2.45) is 5.92 Å². The molecule has 2 N–H and O–H groups in total. The molecule has 3 heterocycles. The van der Waals surface area contributed by atoms with Gasteiger partial charge in [0.05, 0.1) is 16.1 Å². The lowest BCUT2D eigenvalue weighted by molar-refractivity contribution is -0.143. The van der Waals surface area contributed by atoms with Crippen LogP contribution in [-0.4, -0.2) is 56.2 Å². The SMILES string of the molecule is Cc1ncsc1-c1ccc(CNC(=O)[C@@H]2CCCN2C(=O)C(C(C)C)N2Cc3ccccc3C2=O)c(O)c1. The highest BCUT2D eigenvalue weighted by Gasteiger charge is 2.43. The Morgan fingerprint density at radius 1 is 1.21 bits per heavy atom. The number of nitrogens with zero attached hydrogens (tertiary/aromatic N) is 3. The van der Waals surface area contributed by atoms with Gasteiger partial charge in [-0.2, -0.15) is 0 Å². The van der Waals surface area contributed by atoms with Gasteiger partial charge in [-0.1, -0.05) is 44.2 Å². The van der Waals surface area contributed by atoms with Crippen LogP contribution in [0.2, 0.25) is 0 Å². The molecule has 198 valence electrons. The van der Waals surface area contributed by atoms with E-state index >= 15 is 0 Å². The number of amides is 3. The number of hydrogen-bond donors (Lipinski definition) is 2. The molecule has 38 heavy (non-hydrogen) atoms. The van der Waals surface area contributed by atoms with Gasteiger partial charge in [0.1, 0.15) is 17.8 Å². The summed E-state index contributed by atoms with van der Waals surface area (Å²) in [4.78, 5) is 48.7. The number of likely N-dealkylation sites (tertiary alicyclic amines) is 1. The number of phenolic OH excluding ortho intramolecular Hbond substituents is 1. The van der Waals surface area contributed by atoms with E-state index in [1.807, 2.05) is 45.0 Å². The van der Waals surface area contributed by atoms with Crippen LogP contribution < -0.4 is 5.32 Å². The van der Waals surface area contributed by atoms with Crippen molar-refractivity contribution in [1.82, 2.24) is 20.1 Å². The number of fused-ring (bicyclic) bond motifs is 1. The molecule has 2 aromatic carbocycles. The first kappa shape index (κ1) is 25.9. The molecule has 0 radical (unpaired) electrons. The van der Waals surface area contributed by atoms with Crippen LogP contribution in [0.3, 0.4) is 0 Å². The fourth-order valence-electron chi connectivity index (χ4n) is 5.49.